The quantitative estimate of drug-likeness (QED) is 0.685. The fourth-order valence-corrected chi connectivity index (χ4v) is 3.31. The van der Waals surface area contributed by atoms with E-state index in [0.717, 1.165) is 11.3 Å². The Kier molecular flexibility index (Phi) is 6.59. The van der Waals surface area contributed by atoms with Crippen molar-refractivity contribution >= 4 is 35.2 Å². The van der Waals surface area contributed by atoms with E-state index in [2.05, 4.69) is 20.6 Å². The van der Waals surface area contributed by atoms with Crippen LogP contribution in [0.4, 0.5) is 10.7 Å². The number of halogens is 2. The van der Waals surface area contributed by atoms with Gasteiger partial charge in [-0.05, 0) is 43.5 Å². The first-order valence-electron chi connectivity index (χ1n) is 9.10. The van der Waals surface area contributed by atoms with Gasteiger partial charge in [0, 0.05) is 18.8 Å². The molecule has 0 fully saturated rings. The fourth-order valence-electron chi connectivity index (χ4n) is 3.01. The van der Waals surface area contributed by atoms with Gasteiger partial charge in [-0.25, -0.2) is 14.8 Å². The number of urea groups is 1. The van der Waals surface area contributed by atoms with Gasteiger partial charge in [-0.1, -0.05) is 29.3 Å². The minimum Gasteiger partial charge on any atom is -0.394 e. The number of benzene rings is 1. The number of hydrogen-bond acceptors (Lipinski definition) is 5. The lowest BCUT2D eigenvalue weighted by atomic mass is 10.1. The Bertz CT molecular complexity index is 862. The molecule has 2 amide bonds. The number of hydrogen-bond donors (Lipinski definition) is 3. The molecular formula is C19H23Cl2N5O2. The predicted molar refractivity (Wildman–Crippen MR) is 110 cm³/mol. The molecule has 3 rings (SSSR count). The minimum absolute atomic E-state index is 0.220. The monoisotopic (exact) mass is 423 g/mol. The van der Waals surface area contributed by atoms with Gasteiger partial charge in [0.05, 0.1) is 34.9 Å². The van der Waals surface area contributed by atoms with Crippen LogP contribution in [0, 0.1) is 0 Å². The highest BCUT2D eigenvalue weighted by molar-refractivity contribution is 6.42. The molecule has 0 saturated heterocycles. The standard InChI is InChI=1S/C19H23Cl2N5O2/c1-11(2)23-18-22-8-13-5-6-26(9-16(13)24-18)19(28)25-17(10-27)12-3-4-14(20)15(21)7-12/h3-4,7-8,11,17,27H,5-6,9-10H2,1-2H3,(H,25,28)(H,22,23,24). The molecule has 1 aliphatic rings. The van der Waals surface area contributed by atoms with Crippen LogP contribution in [0.25, 0.3) is 0 Å². The normalized spacial score (nSPS) is 14.6. The molecule has 1 aliphatic heterocycles. The van der Waals surface area contributed by atoms with E-state index in [1.165, 1.54) is 0 Å². The summed E-state index contributed by atoms with van der Waals surface area (Å²) in [5.74, 6) is 0.556. The minimum atomic E-state index is -0.577. The van der Waals surface area contributed by atoms with E-state index < -0.39 is 6.04 Å². The van der Waals surface area contributed by atoms with Crippen molar-refractivity contribution in [3.8, 4) is 0 Å². The van der Waals surface area contributed by atoms with Gasteiger partial charge in [0.25, 0.3) is 0 Å². The van der Waals surface area contributed by atoms with Gasteiger partial charge in [-0.3, -0.25) is 0 Å². The largest absolute Gasteiger partial charge is 0.394 e. The number of aromatic nitrogens is 2. The first-order valence-corrected chi connectivity index (χ1v) is 9.85. The Morgan fingerprint density at radius 3 is 2.79 bits per heavy atom. The molecule has 0 aliphatic carbocycles. The van der Waals surface area contributed by atoms with E-state index in [0.29, 0.717) is 41.1 Å². The van der Waals surface area contributed by atoms with Crippen molar-refractivity contribution in [2.24, 2.45) is 0 Å². The van der Waals surface area contributed by atoms with Gasteiger partial charge in [0.15, 0.2) is 0 Å². The van der Waals surface area contributed by atoms with Crippen molar-refractivity contribution in [1.29, 1.82) is 0 Å². The maximum Gasteiger partial charge on any atom is 0.318 e. The summed E-state index contributed by atoms with van der Waals surface area (Å²) in [4.78, 5) is 23.3. The van der Waals surface area contributed by atoms with Crippen LogP contribution < -0.4 is 10.6 Å². The Labute approximate surface area is 174 Å². The van der Waals surface area contributed by atoms with Crippen molar-refractivity contribution in [2.75, 3.05) is 18.5 Å². The molecule has 150 valence electrons. The van der Waals surface area contributed by atoms with Gasteiger partial charge in [0.1, 0.15) is 0 Å². The van der Waals surface area contributed by atoms with Gasteiger partial charge < -0.3 is 20.6 Å². The average molecular weight is 424 g/mol. The second-order valence-corrected chi connectivity index (χ2v) is 7.81. The zero-order chi connectivity index (χ0) is 20.3. The molecule has 1 aromatic heterocycles. The van der Waals surface area contributed by atoms with Crippen molar-refractivity contribution in [1.82, 2.24) is 20.2 Å². The average Bonchev–Trinajstić information content (AvgIpc) is 2.67. The smallest absolute Gasteiger partial charge is 0.318 e. The summed E-state index contributed by atoms with van der Waals surface area (Å²) >= 11 is 12.0. The highest BCUT2D eigenvalue weighted by Gasteiger charge is 2.25. The molecule has 2 heterocycles. The van der Waals surface area contributed by atoms with Crippen LogP contribution in [-0.4, -0.2) is 45.2 Å². The van der Waals surface area contributed by atoms with Gasteiger partial charge in [-0.2, -0.15) is 0 Å². The number of aliphatic hydroxyl groups is 1. The number of nitrogens with zero attached hydrogens (tertiary/aromatic N) is 3. The fraction of sp³-hybridized carbons (Fsp3) is 0.421. The third kappa shape index (κ3) is 4.84. The lowest BCUT2D eigenvalue weighted by Crippen LogP contribution is -2.45. The Hall–Kier alpha value is -2.09. The lowest BCUT2D eigenvalue weighted by Gasteiger charge is -2.30. The number of carbonyl (C=O) groups excluding carboxylic acids is 1. The number of amides is 2. The molecule has 0 radical (unpaired) electrons. The van der Waals surface area contributed by atoms with Crippen LogP contribution in [0.3, 0.4) is 0 Å². The Balaban J connectivity index is 1.70. The second kappa shape index (κ2) is 8.94. The van der Waals surface area contributed by atoms with Crippen LogP contribution in [0.5, 0.6) is 0 Å². The molecule has 1 unspecified atom stereocenters. The first kappa shape index (κ1) is 20.6. The highest BCUT2D eigenvalue weighted by atomic mass is 35.5. The Morgan fingerprint density at radius 2 is 2.11 bits per heavy atom. The van der Waals surface area contributed by atoms with E-state index in [-0.39, 0.29) is 18.7 Å². The molecule has 7 nitrogen and oxygen atoms in total. The topological polar surface area (TPSA) is 90.4 Å². The molecular weight excluding hydrogens is 401 g/mol. The number of rotatable bonds is 5. The summed E-state index contributed by atoms with van der Waals surface area (Å²) in [5.41, 5.74) is 2.56. The summed E-state index contributed by atoms with van der Waals surface area (Å²) in [7, 11) is 0. The summed E-state index contributed by atoms with van der Waals surface area (Å²) in [6.45, 7) is 4.72. The Morgan fingerprint density at radius 1 is 1.32 bits per heavy atom. The van der Waals surface area contributed by atoms with Crippen molar-refractivity contribution < 1.29 is 9.90 Å². The number of aliphatic hydroxyl groups excluding tert-OH is 1. The molecule has 1 atom stereocenters. The maximum absolute atomic E-state index is 12.8. The number of carbonyl (C=O) groups is 1. The molecule has 1 aromatic carbocycles. The predicted octanol–water partition coefficient (Wildman–Crippen LogP) is 3.41. The third-order valence-corrected chi connectivity index (χ3v) is 5.22. The molecule has 0 bridgehead atoms. The SMILES string of the molecule is CC(C)Nc1ncc2c(n1)CN(C(=O)NC(CO)c1ccc(Cl)c(Cl)c1)CC2. The van der Waals surface area contributed by atoms with Crippen molar-refractivity contribution in [3.63, 3.8) is 0 Å². The molecule has 9 heteroatoms. The summed E-state index contributed by atoms with van der Waals surface area (Å²) in [5, 5.41) is 16.6. The first-order chi connectivity index (χ1) is 13.4. The van der Waals surface area contributed by atoms with Crippen molar-refractivity contribution in [3.05, 3.63) is 51.3 Å². The summed E-state index contributed by atoms with van der Waals surface area (Å²) in [6, 6.07) is 4.40. The molecule has 0 saturated carbocycles. The van der Waals surface area contributed by atoms with E-state index in [1.54, 1.807) is 23.1 Å². The van der Waals surface area contributed by atoms with E-state index in [4.69, 9.17) is 23.2 Å². The number of nitrogens with one attached hydrogen (secondary N) is 2. The van der Waals surface area contributed by atoms with Crippen LogP contribution >= 0.6 is 23.2 Å². The van der Waals surface area contributed by atoms with Crippen LogP contribution in [-0.2, 0) is 13.0 Å². The van der Waals surface area contributed by atoms with Gasteiger partial charge >= 0.3 is 6.03 Å². The zero-order valence-corrected chi connectivity index (χ0v) is 17.3. The third-order valence-electron chi connectivity index (χ3n) is 4.48. The van der Waals surface area contributed by atoms with E-state index >= 15 is 0 Å². The number of anilines is 1. The molecule has 0 spiro atoms. The van der Waals surface area contributed by atoms with E-state index in [1.807, 2.05) is 20.0 Å². The van der Waals surface area contributed by atoms with Gasteiger partial charge in [-0.15, -0.1) is 0 Å². The maximum atomic E-state index is 12.8. The highest BCUT2D eigenvalue weighted by Crippen LogP contribution is 2.26. The lowest BCUT2D eigenvalue weighted by molar-refractivity contribution is 0.176. The van der Waals surface area contributed by atoms with Gasteiger partial charge in [0.2, 0.25) is 5.95 Å². The zero-order valence-electron chi connectivity index (χ0n) is 15.7. The van der Waals surface area contributed by atoms with Crippen LogP contribution in [0.15, 0.2) is 24.4 Å². The number of fused-ring (bicyclic) bond motifs is 1. The van der Waals surface area contributed by atoms with Crippen LogP contribution in [0.1, 0.15) is 36.7 Å². The van der Waals surface area contributed by atoms with Crippen LogP contribution in [0.2, 0.25) is 10.0 Å². The second-order valence-electron chi connectivity index (χ2n) is 6.99. The summed E-state index contributed by atoms with van der Waals surface area (Å²) < 4.78 is 0. The molecule has 3 N–H and O–H groups in total. The van der Waals surface area contributed by atoms with Crippen molar-refractivity contribution in [2.45, 2.75) is 38.9 Å². The van der Waals surface area contributed by atoms with E-state index in [9.17, 15) is 9.90 Å². The molecule has 2 aromatic rings. The summed E-state index contributed by atoms with van der Waals surface area (Å²) in [6.07, 6.45) is 2.50. The molecule has 28 heavy (non-hydrogen) atoms.